The van der Waals surface area contributed by atoms with Crippen molar-refractivity contribution in [2.45, 2.75) is 32.3 Å². The maximum absolute atomic E-state index is 10.1. The van der Waals surface area contributed by atoms with Crippen molar-refractivity contribution in [3.8, 4) is 0 Å². The lowest BCUT2D eigenvalue weighted by Gasteiger charge is -2.23. The number of rotatable bonds is 6. The van der Waals surface area contributed by atoms with E-state index in [0.717, 1.165) is 13.0 Å². The molecule has 2 heteroatoms. The largest absolute Gasteiger partial charge is 0.389 e. The minimum atomic E-state index is -0.656. The normalized spacial score (nSPS) is 14.9. The number of nitrogens with one attached hydrogen (secondary N) is 1. The Morgan fingerprint density at radius 2 is 1.93 bits per heavy atom. The molecule has 1 atom stereocenters. The van der Waals surface area contributed by atoms with Crippen LogP contribution < -0.4 is 5.32 Å². The van der Waals surface area contributed by atoms with Gasteiger partial charge in [-0.25, -0.2) is 0 Å². The van der Waals surface area contributed by atoms with Gasteiger partial charge in [0.15, 0.2) is 0 Å². The molecule has 0 heterocycles. The molecule has 0 saturated carbocycles. The van der Waals surface area contributed by atoms with Crippen molar-refractivity contribution in [3.63, 3.8) is 0 Å². The SMILES string of the molecule is CCCNCC(C)(O)Cc1ccccc1. The molecule has 15 heavy (non-hydrogen) atoms. The third-order valence-electron chi connectivity index (χ3n) is 2.36. The van der Waals surface area contributed by atoms with Crippen LogP contribution in [0.4, 0.5) is 0 Å². The summed E-state index contributed by atoms with van der Waals surface area (Å²) in [6.07, 6.45) is 1.80. The summed E-state index contributed by atoms with van der Waals surface area (Å²) in [4.78, 5) is 0. The Balaban J connectivity index is 2.42. The van der Waals surface area contributed by atoms with Crippen molar-refractivity contribution in [1.29, 1.82) is 0 Å². The van der Waals surface area contributed by atoms with Crippen LogP contribution in [0.5, 0.6) is 0 Å². The average molecular weight is 207 g/mol. The van der Waals surface area contributed by atoms with E-state index in [1.54, 1.807) is 0 Å². The van der Waals surface area contributed by atoms with Crippen LogP contribution in [0.15, 0.2) is 30.3 Å². The summed E-state index contributed by atoms with van der Waals surface area (Å²) in [5.74, 6) is 0. The summed E-state index contributed by atoms with van der Waals surface area (Å²) in [5, 5.41) is 13.4. The standard InChI is InChI=1S/C13H21NO/c1-3-9-14-11-13(2,15)10-12-7-5-4-6-8-12/h4-8,14-15H,3,9-11H2,1-2H3. The molecule has 1 rings (SSSR count). The van der Waals surface area contributed by atoms with Crippen molar-refractivity contribution in [1.82, 2.24) is 5.32 Å². The van der Waals surface area contributed by atoms with Crippen molar-refractivity contribution in [2.24, 2.45) is 0 Å². The Labute approximate surface area is 92.3 Å². The summed E-state index contributed by atoms with van der Waals surface area (Å²) < 4.78 is 0. The fourth-order valence-corrected chi connectivity index (χ4v) is 1.63. The minimum absolute atomic E-state index is 0.649. The molecule has 2 N–H and O–H groups in total. The van der Waals surface area contributed by atoms with Gasteiger partial charge in [0, 0.05) is 13.0 Å². The molecule has 0 radical (unpaired) electrons. The Morgan fingerprint density at radius 1 is 1.27 bits per heavy atom. The molecule has 0 aliphatic heterocycles. The van der Waals surface area contributed by atoms with E-state index in [-0.39, 0.29) is 0 Å². The number of hydrogen-bond acceptors (Lipinski definition) is 2. The summed E-state index contributed by atoms with van der Waals surface area (Å²) in [6.45, 7) is 5.61. The lowest BCUT2D eigenvalue weighted by molar-refractivity contribution is 0.0604. The molecule has 1 aromatic rings. The zero-order valence-corrected chi connectivity index (χ0v) is 9.66. The van der Waals surface area contributed by atoms with Gasteiger partial charge in [-0.05, 0) is 25.5 Å². The Hall–Kier alpha value is -0.860. The molecule has 0 fully saturated rings. The molecule has 0 aromatic heterocycles. The molecular formula is C13H21NO. The summed E-state index contributed by atoms with van der Waals surface area (Å²) in [6, 6.07) is 10.1. The van der Waals surface area contributed by atoms with Gasteiger partial charge in [0.05, 0.1) is 5.60 Å². The molecule has 84 valence electrons. The van der Waals surface area contributed by atoms with E-state index in [9.17, 15) is 5.11 Å². The van der Waals surface area contributed by atoms with E-state index >= 15 is 0 Å². The van der Waals surface area contributed by atoms with Gasteiger partial charge in [0.1, 0.15) is 0 Å². The average Bonchev–Trinajstić information content (AvgIpc) is 2.18. The molecule has 2 nitrogen and oxygen atoms in total. The predicted molar refractivity (Wildman–Crippen MR) is 63.9 cm³/mol. The zero-order chi connectivity index (χ0) is 11.1. The quantitative estimate of drug-likeness (QED) is 0.699. The van der Waals surface area contributed by atoms with Crippen LogP contribution in [0.25, 0.3) is 0 Å². The molecule has 1 unspecified atom stereocenters. The third kappa shape index (κ3) is 4.96. The monoisotopic (exact) mass is 207 g/mol. The summed E-state index contributed by atoms with van der Waals surface area (Å²) >= 11 is 0. The van der Waals surface area contributed by atoms with Crippen molar-refractivity contribution in [2.75, 3.05) is 13.1 Å². The lowest BCUT2D eigenvalue weighted by atomic mass is 9.96. The smallest absolute Gasteiger partial charge is 0.0783 e. The minimum Gasteiger partial charge on any atom is -0.389 e. The Kier molecular flexibility index (Phi) is 4.79. The van der Waals surface area contributed by atoms with Crippen molar-refractivity contribution in [3.05, 3.63) is 35.9 Å². The summed E-state index contributed by atoms with van der Waals surface area (Å²) in [7, 11) is 0. The van der Waals surface area contributed by atoms with Gasteiger partial charge in [-0.3, -0.25) is 0 Å². The van der Waals surface area contributed by atoms with E-state index in [0.29, 0.717) is 13.0 Å². The molecule has 0 spiro atoms. The zero-order valence-electron chi connectivity index (χ0n) is 9.66. The van der Waals surface area contributed by atoms with Crippen LogP contribution in [-0.4, -0.2) is 23.8 Å². The highest BCUT2D eigenvalue weighted by Crippen LogP contribution is 2.11. The van der Waals surface area contributed by atoms with Crippen LogP contribution in [0.1, 0.15) is 25.8 Å². The van der Waals surface area contributed by atoms with Gasteiger partial charge in [-0.2, -0.15) is 0 Å². The number of hydrogen-bond donors (Lipinski definition) is 2. The van der Waals surface area contributed by atoms with Gasteiger partial charge in [-0.1, -0.05) is 37.3 Å². The van der Waals surface area contributed by atoms with Crippen LogP contribution in [-0.2, 0) is 6.42 Å². The first-order chi connectivity index (χ1) is 7.14. The number of aliphatic hydroxyl groups is 1. The molecule has 1 aromatic carbocycles. The van der Waals surface area contributed by atoms with E-state index in [1.165, 1.54) is 5.56 Å². The first-order valence-electron chi connectivity index (χ1n) is 5.61. The molecular weight excluding hydrogens is 186 g/mol. The van der Waals surface area contributed by atoms with Gasteiger partial charge in [-0.15, -0.1) is 0 Å². The summed E-state index contributed by atoms with van der Waals surface area (Å²) in [5.41, 5.74) is 0.525. The fraction of sp³-hybridized carbons (Fsp3) is 0.538. The second-order valence-electron chi connectivity index (χ2n) is 4.34. The Bertz CT molecular complexity index is 269. The Morgan fingerprint density at radius 3 is 2.53 bits per heavy atom. The molecule has 0 amide bonds. The highest BCUT2D eigenvalue weighted by atomic mass is 16.3. The first-order valence-corrected chi connectivity index (χ1v) is 5.61. The van der Waals surface area contributed by atoms with Gasteiger partial charge in [0.25, 0.3) is 0 Å². The van der Waals surface area contributed by atoms with Gasteiger partial charge < -0.3 is 10.4 Å². The second kappa shape index (κ2) is 5.89. The van der Waals surface area contributed by atoms with Gasteiger partial charge >= 0.3 is 0 Å². The highest BCUT2D eigenvalue weighted by molar-refractivity contribution is 5.16. The van der Waals surface area contributed by atoms with Gasteiger partial charge in [0.2, 0.25) is 0 Å². The maximum Gasteiger partial charge on any atom is 0.0783 e. The van der Waals surface area contributed by atoms with Crippen LogP contribution in [0.2, 0.25) is 0 Å². The first kappa shape index (κ1) is 12.2. The second-order valence-corrected chi connectivity index (χ2v) is 4.34. The van der Waals surface area contributed by atoms with Crippen LogP contribution >= 0.6 is 0 Å². The van der Waals surface area contributed by atoms with E-state index < -0.39 is 5.60 Å². The molecule has 0 aliphatic carbocycles. The van der Waals surface area contributed by atoms with E-state index in [2.05, 4.69) is 12.2 Å². The fourth-order valence-electron chi connectivity index (χ4n) is 1.63. The van der Waals surface area contributed by atoms with Crippen molar-refractivity contribution < 1.29 is 5.11 Å². The molecule has 0 saturated heterocycles. The topological polar surface area (TPSA) is 32.3 Å². The van der Waals surface area contributed by atoms with Crippen LogP contribution in [0, 0.1) is 0 Å². The molecule has 0 bridgehead atoms. The highest BCUT2D eigenvalue weighted by Gasteiger charge is 2.19. The van der Waals surface area contributed by atoms with E-state index in [4.69, 9.17) is 0 Å². The van der Waals surface area contributed by atoms with Crippen LogP contribution in [0.3, 0.4) is 0 Å². The molecule has 0 aliphatic rings. The maximum atomic E-state index is 10.1. The number of benzene rings is 1. The third-order valence-corrected chi connectivity index (χ3v) is 2.36. The lowest BCUT2D eigenvalue weighted by Crippen LogP contribution is -2.39. The van der Waals surface area contributed by atoms with Crippen molar-refractivity contribution >= 4 is 0 Å². The predicted octanol–water partition coefficient (Wildman–Crippen LogP) is 1.98. The van der Waals surface area contributed by atoms with E-state index in [1.807, 2.05) is 37.3 Å².